The van der Waals surface area contributed by atoms with Gasteiger partial charge in [0, 0.05) is 6.42 Å². The van der Waals surface area contributed by atoms with E-state index >= 15 is 0 Å². The molecule has 1 aromatic rings. The van der Waals surface area contributed by atoms with Crippen LogP contribution in [0.3, 0.4) is 0 Å². The van der Waals surface area contributed by atoms with Crippen molar-refractivity contribution in [3.63, 3.8) is 0 Å². The molecule has 0 aromatic heterocycles. The Morgan fingerprint density at radius 1 is 1.04 bits per heavy atom. The molecule has 0 aliphatic rings. The van der Waals surface area contributed by atoms with Gasteiger partial charge < -0.3 is 31.7 Å². The SMILES string of the molecule is CC(O)C(NC(=O)C(Cc1ccccc1)NC(=O)C(N)CC(=O)O)C(=O)O. The van der Waals surface area contributed by atoms with Gasteiger partial charge in [-0.25, -0.2) is 4.79 Å². The zero-order chi connectivity index (χ0) is 20.6. The highest BCUT2D eigenvalue weighted by Gasteiger charge is 2.30. The van der Waals surface area contributed by atoms with Crippen molar-refractivity contribution in [2.45, 2.75) is 44.0 Å². The maximum absolute atomic E-state index is 12.5. The molecule has 0 fully saturated rings. The number of rotatable bonds is 10. The Morgan fingerprint density at radius 3 is 2.11 bits per heavy atom. The lowest BCUT2D eigenvalue weighted by atomic mass is 10.0. The highest BCUT2D eigenvalue weighted by Crippen LogP contribution is 2.05. The quantitative estimate of drug-likeness (QED) is 0.282. The number of carboxylic acid groups (broad SMARTS) is 2. The molecular formula is C17H23N3O7. The van der Waals surface area contributed by atoms with E-state index in [4.69, 9.17) is 15.9 Å². The van der Waals surface area contributed by atoms with Crippen molar-refractivity contribution in [1.82, 2.24) is 10.6 Å². The fourth-order valence-electron chi connectivity index (χ4n) is 2.26. The Balaban J connectivity index is 2.95. The maximum atomic E-state index is 12.5. The van der Waals surface area contributed by atoms with Crippen LogP contribution in [0, 0.1) is 0 Å². The Bertz CT molecular complexity index is 678. The minimum atomic E-state index is -1.57. The molecule has 0 saturated heterocycles. The topological polar surface area (TPSA) is 179 Å². The molecular weight excluding hydrogens is 358 g/mol. The van der Waals surface area contributed by atoms with Crippen molar-refractivity contribution in [1.29, 1.82) is 0 Å². The third-order valence-corrected chi connectivity index (χ3v) is 3.69. The number of hydrogen-bond donors (Lipinski definition) is 6. The Morgan fingerprint density at radius 2 is 1.63 bits per heavy atom. The molecule has 0 aliphatic carbocycles. The number of aliphatic hydroxyl groups excluding tert-OH is 1. The predicted molar refractivity (Wildman–Crippen MR) is 93.6 cm³/mol. The van der Waals surface area contributed by atoms with E-state index in [0.29, 0.717) is 5.56 Å². The van der Waals surface area contributed by atoms with E-state index in [1.54, 1.807) is 30.3 Å². The summed E-state index contributed by atoms with van der Waals surface area (Å²) in [7, 11) is 0. The monoisotopic (exact) mass is 381 g/mol. The van der Waals surface area contributed by atoms with Gasteiger partial charge in [0.15, 0.2) is 6.04 Å². The third-order valence-electron chi connectivity index (χ3n) is 3.69. The molecule has 10 nitrogen and oxygen atoms in total. The first-order valence-corrected chi connectivity index (χ1v) is 8.14. The molecule has 0 radical (unpaired) electrons. The normalized spacial score (nSPS) is 15.1. The first-order chi connectivity index (χ1) is 12.6. The smallest absolute Gasteiger partial charge is 0.328 e. The van der Waals surface area contributed by atoms with E-state index in [1.165, 1.54) is 6.92 Å². The summed E-state index contributed by atoms with van der Waals surface area (Å²) in [6, 6.07) is 4.45. The van der Waals surface area contributed by atoms with Gasteiger partial charge >= 0.3 is 11.9 Å². The van der Waals surface area contributed by atoms with E-state index in [9.17, 15) is 24.3 Å². The Labute approximate surface area is 155 Å². The second kappa shape index (κ2) is 10.2. The fraction of sp³-hybridized carbons (Fsp3) is 0.412. The van der Waals surface area contributed by atoms with E-state index in [1.807, 2.05) is 0 Å². The maximum Gasteiger partial charge on any atom is 0.328 e. The summed E-state index contributed by atoms with van der Waals surface area (Å²) in [4.78, 5) is 46.4. The number of nitrogens with two attached hydrogens (primary N) is 1. The van der Waals surface area contributed by atoms with Crippen LogP contribution in [-0.4, -0.2) is 63.3 Å². The molecule has 10 heteroatoms. The fourth-order valence-corrected chi connectivity index (χ4v) is 2.26. The van der Waals surface area contributed by atoms with Gasteiger partial charge in [-0.15, -0.1) is 0 Å². The minimum Gasteiger partial charge on any atom is -0.481 e. The largest absolute Gasteiger partial charge is 0.481 e. The van der Waals surface area contributed by atoms with Gasteiger partial charge in [-0.05, 0) is 12.5 Å². The van der Waals surface area contributed by atoms with Crippen molar-refractivity contribution in [2.75, 3.05) is 0 Å². The van der Waals surface area contributed by atoms with E-state index in [0.717, 1.165) is 0 Å². The molecule has 0 spiro atoms. The van der Waals surface area contributed by atoms with Crippen LogP contribution in [-0.2, 0) is 25.6 Å². The minimum absolute atomic E-state index is 0.0182. The summed E-state index contributed by atoms with van der Waals surface area (Å²) in [5.74, 6) is -4.42. The van der Waals surface area contributed by atoms with Gasteiger partial charge in [0.05, 0.1) is 18.6 Å². The van der Waals surface area contributed by atoms with Crippen molar-refractivity contribution in [2.24, 2.45) is 5.73 Å². The average molecular weight is 381 g/mol. The number of hydrogen-bond acceptors (Lipinski definition) is 6. The third kappa shape index (κ3) is 7.42. The molecule has 0 bridgehead atoms. The van der Waals surface area contributed by atoms with Crippen LogP contribution in [0.1, 0.15) is 18.9 Å². The highest BCUT2D eigenvalue weighted by atomic mass is 16.4. The predicted octanol–water partition coefficient (Wildman–Crippen LogP) is -1.53. The molecule has 0 heterocycles. The zero-order valence-corrected chi connectivity index (χ0v) is 14.7. The molecule has 7 N–H and O–H groups in total. The summed E-state index contributed by atoms with van der Waals surface area (Å²) in [5.41, 5.74) is 6.17. The van der Waals surface area contributed by atoms with Crippen LogP contribution in [0.25, 0.3) is 0 Å². The van der Waals surface area contributed by atoms with Crippen molar-refractivity contribution in [3.05, 3.63) is 35.9 Å². The summed E-state index contributed by atoms with van der Waals surface area (Å²) in [6.45, 7) is 1.20. The van der Waals surface area contributed by atoms with Crippen molar-refractivity contribution in [3.8, 4) is 0 Å². The van der Waals surface area contributed by atoms with Crippen molar-refractivity contribution < 1.29 is 34.5 Å². The average Bonchev–Trinajstić information content (AvgIpc) is 2.58. The molecule has 4 unspecified atom stereocenters. The number of carbonyl (C=O) groups is 4. The zero-order valence-electron chi connectivity index (χ0n) is 14.7. The first kappa shape index (κ1) is 22.1. The molecule has 0 saturated carbocycles. The molecule has 0 aliphatic heterocycles. The van der Waals surface area contributed by atoms with Gasteiger partial charge in [-0.1, -0.05) is 30.3 Å². The number of benzene rings is 1. The molecule has 1 aromatic carbocycles. The van der Waals surface area contributed by atoms with Crippen LogP contribution < -0.4 is 16.4 Å². The number of carbonyl (C=O) groups excluding carboxylic acids is 2. The van der Waals surface area contributed by atoms with E-state index in [-0.39, 0.29) is 6.42 Å². The Hall–Kier alpha value is -2.98. The lowest BCUT2D eigenvalue weighted by Crippen LogP contribution is -2.57. The van der Waals surface area contributed by atoms with Gasteiger partial charge in [0.2, 0.25) is 11.8 Å². The second-order valence-corrected chi connectivity index (χ2v) is 6.02. The summed E-state index contributed by atoms with van der Waals surface area (Å²) < 4.78 is 0. The number of aliphatic carboxylic acids is 2. The summed E-state index contributed by atoms with van der Waals surface area (Å²) >= 11 is 0. The van der Waals surface area contributed by atoms with Gasteiger partial charge in [-0.2, -0.15) is 0 Å². The number of aliphatic hydroxyl groups is 1. The highest BCUT2D eigenvalue weighted by molar-refractivity contribution is 5.93. The Kier molecular flexibility index (Phi) is 8.36. The lowest BCUT2D eigenvalue weighted by molar-refractivity contribution is -0.145. The van der Waals surface area contributed by atoms with E-state index in [2.05, 4.69) is 10.6 Å². The molecule has 27 heavy (non-hydrogen) atoms. The van der Waals surface area contributed by atoms with Gasteiger partial charge in [0.25, 0.3) is 0 Å². The standard InChI is InChI=1S/C17H23N3O7/c1-9(21)14(17(26)27)20-16(25)12(7-10-5-3-2-4-6-10)19-15(24)11(18)8-13(22)23/h2-6,9,11-12,14,21H,7-8,18H2,1H3,(H,19,24)(H,20,25)(H,22,23)(H,26,27). The van der Waals surface area contributed by atoms with Gasteiger partial charge in [0.1, 0.15) is 6.04 Å². The van der Waals surface area contributed by atoms with Crippen LogP contribution in [0.4, 0.5) is 0 Å². The molecule has 4 atom stereocenters. The number of amides is 2. The van der Waals surface area contributed by atoms with Gasteiger partial charge in [-0.3, -0.25) is 14.4 Å². The van der Waals surface area contributed by atoms with E-state index < -0.39 is 54.4 Å². The van der Waals surface area contributed by atoms with Crippen LogP contribution in [0.2, 0.25) is 0 Å². The van der Waals surface area contributed by atoms with Crippen LogP contribution in [0.15, 0.2) is 30.3 Å². The number of carboxylic acids is 2. The lowest BCUT2D eigenvalue weighted by Gasteiger charge is -2.23. The summed E-state index contributed by atoms with van der Waals surface area (Å²) in [6.07, 6.45) is -1.98. The van der Waals surface area contributed by atoms with Crippen LogP contribution >= 0.6 is 0 Å². The first-order valence-electron chi connectivity index (χ1n) is 8.14. The molecule has 148 valence electrons. The molecule has 2 amide bonds. The van der Waals surface area contributed by atoms with Crippen LogP contribution in [0.5, 0.6) is 0 Å². The van der Waals surface area contributed by atoms with Crippen molar-refractivity contribution >= 4 is 23.8 Å². The number of nitrogens with one attached hydrogen (secondary N) is 2. The molecule has 1 rings (SSSR count). The summed E-state index contributed by atoms with van der Waals surface area (Å²) in [5, 5.41) is 31.8. The second-order valence-electron chi connectivity index (χ2n) is 6.02.